The van der Waals surface area contributed by atoms with Gasteiger partial charge in [0.05, 0.1) is 0 Å². The predicted molar refractivity (Wildman–Crippen MR) is 82.9 cm³/mol. The van der Waals surface area contributed by atoms with Crippen LogP contribution in [0, 0.1) is 0 Å². The maximum Gasteiger partial charge on any atom is 0.460 e. The third-order valence-electron chi connectivity index (χ3n) is 5.76. The van der Waals surface area contributed by atoms with Crippen molar-refractivity contribution in [2.24, 2.45) is 0 Å². The maximum atomic E-state index is 14.3. The van der Waals surface area contributed by atoms with E-state index in [1.165, 1.54) is 0 Å². The second-order valence-corrected chi connectivity index (χ2v) is 8.70. The molecule has 0 bridgehead atoms. The van der Waals surface area contributed by atoms with Crippen LogP contribution in [0.5, 0.6) is 0 Å². The van der Waals surface area contributed by atoms with Gasteiger partial charge in [-0.2, -0.15) is 119 Å². The van der Waals surface area contributed by atoms with E-state index in [2.05, 4.69) is 0 Å². The number of hydrogen-bond acceptors (Lipinski definition) is 1. The molecule has 0 saturated carbocycles. The second kappa shape index (κ2) is 10.9. The van der Waals surface area contributed by atoms with E-state index in [4.69, 9.17) is 5.11 Å². The van der Waals surface area contributed by atoms with Crippen LogP contribution in [0.2, 0.25) is 0 Å². The summed E-state index contributed by atoms with van der Waals surface area (Å²) in [7, 11) is 0. The minimum Gasteiger partial charge on any atom is -0.479 e. The fraction of sp³-hybridized carbons (Fsp3) is 0.938. The molecule has 0 rings (SSSR count). The first-order valence-corrected chi connectivity index (χ1v) is 9.94. The molecule has 0 aliphatic heterocycles. The Kier molecular flexibility index (Phi) is 10.3. The van der Waals surface area contributed by atoms with Crippen LogP contribution in [0.4, 0.5) is 132 Å². The van der Waals surface area contributed by atoms with Gasteiger partial charge in [0, 0.05) is 0 Å². The summed E-state index contributed by atoms with van der Waals surface area (Å²) in [6.07, 6.45) is -14.8. The highest BCUT2D eigenvalue weighted by molar-refractivity contribution is 5.81. The smallest absolute Gasteiger partial charge is 0.460 e. The molecule has 0 radical (unpaired) electrons. The summed E-state index contributed by atoms with van der Waals surface area (Å²) in [6.45, 7) is 0. The number of hydrogen-bond donors (Lipinski definition) is 1. The Morgan fingerprint density at radius 3 is 0.708 bits per heavy atom. The molecule has 0 heterocycles. The first-order chi connectivity index (χ1) is 20.1. The van der Waals surface area contributed by atoms with Crippen molar-refractivity contribution in [3.8, 4) is 0 Å². The zero-order valence-electron chi connectivity index (χ0n) is 20.3. The quantitative estimate of drug-likeness (QED) is 0.178. The molecule has 0 fully saturated rings. The van der Waals surface area contributed by atoms with Crippen molar-refractivity contribution in [3.63, 3.8) is 0 Å². The van der Waals surface area contributed by atoms with Gasteiger partial charge in [0.2, 0.25) is 0 Å². The first-order valence-electron chi connectivity index (χ1n) is 9.94. The molecule has 48 heavy (non-hydrogen) atoms. The molecule has 0 amide bonds. The van der Waals surface area contributed by atoms with E-state index in [0.29, 0.717) is 0 Å². The number of carboxylic acid groups (broad SMARTS) is 1. The lowest BCUT2D eigenvalue weighted by Gasteiger charge is -2.47. The molecule has 0 aliphatic rings. The van der Waals surface area contributed by atoms with Crippen LogP contribution in [0.25, 0.3) is 0 Å². The summed E-state index contributed by atoms with van der Waals surface area (Å²) >= 11 is 0. The van der Waals surface area contributed by atoms with Crippen molar-refractivity contribution in [1.82, 2.24) is 0 Å². The Morgan fingerprint density at radius 1 is 0.333 bits per heavy atom. The number of carboxylic acids is 1. The minimum atomic E-state index is -10.1. The zero-order valence-corrected chi connectivity index (χ0v) is 20.3. The predicted octanol–water partition coefficient (Wildman–Crippen LogP) is 9.23. The molecule has 2 nitrogen and oxygen atoms in total. The van der Waals surface area contributed by atoms with Crippen LogP contribution >= 0.6 is 0 Å². The lowest BCUT2D eigenvalue weighted by atomic mass is 9.77. The largest absolute Gasteiger partial charge is 0.479 e. The number of aliphatic carboxylic acids is 1. The van der Waals surface area contributed by atoms with Gasteiger partial charge < -0.3 is 5.11 Å². The van der Waals surface area contributed by atoms with Gasteiger partial charge in [-0.1, -0.05) is 0 Å². The monoisotopic (exact) mass is 796 g/mol. The fourth-order valence-electron chi connectivity index (χ4n) is 2.80. The van der Waals surface area contributed by atoms with E-state index in [0.717, 1.165) is 0 Å². The van der Waals surface area contributed by atoms with Crippen molar-refractivity contribution in [1.29, 1.82) is 0 Å². The molecule has 0 aliphatic carbocycles. The van der Waals surface area contributed by atoms with Crippen LogP contribution in [0.15, 0.2) is 0 Å². The van der Waals surface area contributed by atoms with E-state index < -0.39 is 95.3 Å². The zero-order chi connectivity index (χ0) is 40.2. The van der Waals surface area contributed by atoms with Gasteiger partial charge in [-0.3, -0.25) is 0 Å². The van der Waals surface area contributed by atoms with Crippen LogP contribution in [-0.2, 0) is 4.79 Å². The Morgan fingerprint density at radius 2 is 0.521 bits per heavy atom. The lowest BCUT2D eigenvalue weighted by molar-refractivity contribution is -0.475. The molecule has 1 unspecified atom stereocenters. The second-order valence-electron chi connectivity index (χ2n) is 8.70. The van der Waals surface area contributed by atoms with Crippen molar-refractivity contribution in [2.45, 2.75) is 89.3 Å². The van der Waals surface area contributed by atoms with Gasteiger partial charge in [0.25, 0.3) is 0 Å². The highest BCUT2D eigenvalue weighted by Crippen LogP contribution is 2.68. The Hall–Kier alpha value is -2.63. The Balaban J connectivity index is 7.89. The fourth-order valence-corrected chi connectivity index (χ4v) is 2.80. The highest BCUT2D eigenvalue weighted by atomic mass is 19.4. The van der Waals surface area contributed by atoms with Crippen LogP contribution in [0.3, 0.4) is 0 Å². The van der Waals surface area contributed by atoms with E-state index in [-0.39, 0.29) is 0 Å². The maximum absolute atomic E-state index is 14.3. The molecule has 0 aromatic carbocycles. The Bertz CT molecular complexity index is 1210. The number of rotatable bonds is 14. The normalized spacial score (nSPS) is 17.9. The molecule has 1 atom stereocenters. The SMILES string of the molecule is O=C(O)C(F)(C(F)(F)C(F)(F)C(F)(F)C(F)(F)F)C(F)(F)C(F)(F)C(F)(F)C(F)(F)C(F)(F)C(F)(F)C(F)(F)C(F)(F)C(F)(F)C(F)F. The molecule has 0 aromatic heterocycles. The molecule has 0 spiro atoms. The molecule has 1 N–H and O–H groups in total. The molecular formula is C16H2F30O2. The summed E-state index contributed by atoms with van der Waals surface area (Å²) in [5.41, 5.74) is -9.41. The van der Waals surface area contributed by atoms with Gasteiger partial charge in [-0.15, -0.1) is 0 Å². The molecule has 0 saturated heterocycles. The third kappa shape index (κ3) is 4.88. The van der Waals surface area contributed by atoms with Gasteiger partial charge in [-0.25, -0.2) is 18.0 Å². The summed E-state index contributed by atoms with van der Waals surface area (Å²) in [5, 5.41) is 8.03. The highest BCUT2D eigenvalue weighted by Gasteiger charge is 3.01. The van der Waals surface area contributed by atoms with E-state index in [1.807, 2.05) is 0 Å². The molecule has 0 aromatic rings. The summed E-state index contributed by atoms with van der Waals surface area (Å²) < 4.78 is 399. The van der Waals surface area contributed by atoms with Gasteiger partial charge in [0.1, 0.15) is 0 Å². The Labute approximate surface area is 238 Å². The van der Waals surface area contributed by atoms with Crippen molar-refractivity contribution < 1.29 is 142 Å². The van der Waals surface area contributed by atoms with E-state index in [1.54, 1.807) is 0 Å². The molecule has 288 valence electrons. The average molecular weight is 796 g/mol. The van der Waals surface area contributed by atoms with Crippen LogP contribution in [-0.4, -0.2) is 100 Å². The van der Waals surface area contributed by atoms with Crippen molar-refractivity contribution in [2.75, 3.05) is 0 Å². The summed E-state index contributed by atoms with van der Waals surface area (Å²) in [6, 6.07) is 0. The third-order valence-corrected chi connectivity index (χ3v) is 5.76. The minimum absolute atomic E-state index is 5.81. The van der Waals surface area contributed by atoms with Gasteiger partial charge >= 0.3 is 95.3 Å². The number of halogens is 30. The number of alkyl halides is 30. The topological polar surface area (TPSA) is 37.3 Å². The summed E-state index contributed by atoms with van der Waals surface area (Å²) in [5.74, 6) is -120. The lowest BCUT2D eigenvalue weighted by Crippen LogP contribution is -2.81. The summed E-state index contributed by atoms with van der Waals surface area (Å²) in [4.78, 5) is 10.6. The average Bonchev–Trinajstić information content (AvgIpc) is 2.85. The number of carbonyl (C=O) groups is 1. The van der Waals surface area contributed by atoms with Crippen LogP contribution in [0.1, 0.15) is 0 Å². The standard InChI is InChI=1S/C16H2F30O2/c17-1(18)4(20,21)7(26,27)10(32,33)12(36,37)14(40,41)13(38,39)11(34,35)8(28,29)5(22,23)3(19,2(47)48)6(24,25)9(30,31)15(42,43)16(44,45)46/h1H,(H,47,48). The molecular weight excluding hydrogens is 794 g/mol. The van der Waals surface area contributed by atoms with Crippen LogP contribution < -0.4 is 0 Å². The van der Waals surface area contributed by atoms with Gasteiger partial charge in [-0.05, 0) is 0 Å². The van der Waals surface area contributed by atoms with Gasteiger partial charge in [0.15, 0.2) is 0 Å². The van der Waals surface area contributed by atoms with E-state index >= 15 is 0 Å². The first kappa shape index (κ1) is 45.4. The van der Waals surface area contributed by atoms with Crippen molar-refractivity contribution >= 4 is 5.97 Å². The van der Waals surface area contributed by atoms with Crippen molar-refractivity contribution in [3.05, 3.63) is 0 Å². The van der Waals surface area contributed by atoms with E-state index in [9.17, 15) is 137 Å². The molecule has 32 heteroatoms.